The molecule has 2 N–H and O–H groups in total. The summed E-state index contributed by atoms with van der Waals surface area (Å²) in [6.45, 7) is 5.52. The van der Waals surface area contributed by atoms with Crippen molar-refractivity contribution in [1.82, 2.24) is 10.2 Å². The fourth-order valence-corrected chi connectivity index (χ4v) is 2.50. The van der Waals surface area contributed by atoms with Gasteiger partial charge in [0.1, 0.15) is 5.75 Å². The zero-order valence-electron chi connectivity index (χ0n) is 10.7. The van der Waals surface area contributed by atoms with Gasteiger partial charge < -0.3 is 15.3 Å². The Labute approximate surface area is 103 Å². The Bertz CT molecular complexity index is 367. The van der Waals surface area contributed by atoms with E-state index in [-0.39, 0.29) is 6.04 Å². The van der Waals surface area contributed by atoms with E-state index >= 15 is 0 Å². The third-order valence-electron chi connectivity index (χ3n) is 3.60. The van der Waals surface area contributed by atoms with Crippen LogP contribution in [0.4, 0.5) is 0 Å². The summed E-state index contributed by atoms with van der Waals surface area (Å²) < 4.78 is 0. The summed E-state index contributed by atoms with van der Waals surface area (Å²) in [5.41, 5.74) is 0.985. The van der Waals surface area contributed by atoms with E-state index in [1.165, 1.54) is 19.5 Å². The number of hydrogen-bond acceptors (Lipinski definition) is 3. The van der Waals surface area contributed by atoms with Gasteiger partial charge in [0.25, 0.3) is 0 Å². The molecule has 0 aliphatic carbocycles. The van der Waals surface area contributed by atoms with Gasteiger partial charge in [0, 0.05) is 18.2 Å². The number of likely N-dealkylation sites (tertiary alicyclic amines) is 1. The van der Waals surface area contributed by atoms with Gasteiger partial charge in [0.05, 0.1) is 0 Å². The highest BCUT2D eigenvalue weighted by Gasteiger charge is 2.20. The van der Waals surface area contributed by atoms with Crippen LogP contribution in [0.1, 0.15) is 24.9 Å². The molecule has 2 atom stereocenters. The number of benzene rings is 1. The van der Waals surface area contributed by atoms with Crippen LogP contribution in [0.25, 0.3) is 0 Å². The summed E-state index contributed by atoms with van der Waals surface area (Å²) in [7, 11) is 2.17. The average molecular weight is 234 g/mol. The van der Waals surface area contributed by atoms with E-state index in [2.05, 4.69) is 24.2 Å². The maximum atomic E-state index is 9.77. The third-order valence-corrected chi connectivity index (χ3v) is 3.60. The molecule has 0 saturated carbocycles. The smallest absolute Gasteiger partial charge is 0.120 e. The molecule has 0 amide bonds. The topological polar surface area (TPSA) is 35.5 Å². The zero-order valence-corrected chi connectivity index (χ0v) is 10.7. The molecule has 0 radical (unpaired) electrons. The van der Waals surface area contributed by atoms with Crippen LogP contribution in [0.2, 0.25) is 0 Å². The molecule has 1 saturated heterocycles. The number of nitrogens with zero attached hydrogens (tertiary/aromatic N) is 1. The Morgan fingerprint density at radius 2 is 2.24 bits per heavy atom. The molecular formula is C14H22N2O. The maximum Gasteiger partial charge on any atom is 0.120 e. The average Bonchev–Trinajstić information content (AvgIpc) is 2.73. The summed E-state index contributed by atoms with van der Waals surface area (Å²) in [4.78, 5) is 2.37. The summed E-state index contributed by atoms with van der Waals surface area (Å²) in [6, 6.07) is 7.76. The van der Waals surface area contributed by atoms with Crippen LogP contribution in [-0.2, 0) is 0 Å². The van der Waals surface area contributed by atoms with Crippen molar-refractivity contribution in [2.45, 2.75) is 19.4 Å². The minimum Gasteiger partial charge on any atom is -0.508 e. The van der Waals surface area contributed by atoms with E-state index in [0.29, 0.717) is 5.75 Å². The largest absolute Gasteiger partial charge is 0.508 e. The third kappa shape index (κ3) is 3.20. The summed E-state index contributed by atoms with van der Waals surface area (Å²) >= 11 is 0. The van der Waals surface area contributed by atoms with E-state index in [1.54, 1.807) is 6.07 Å². The molecule has 0 aromatic heterocycles. The molecule has 1 aromatic carbocycles. The maximum absolute atomic E-state index is 9.77. The van der Waals surface area contributed by atoms with Crippen LogP contribution in [0.3, 0.4) is 0 Å². The van der Waals surface area contributed by atoms with Gasteiger partial charge >= 0.3 is 0 Å². The molecule has 1 heterocycles. The highest BCUT2D eigenvalue weighted by molar-refractivity contribution is 5.34. The van der Waals surface area contributed by atoms with Gasteiger partial charge in [-0.2, -0.15) is 0 Å². The van der Waals surface area contributed by atoms with Gasteiger partial charge in [-0.15, -0.1) is 0 Å². The Kier molecular flexibility index (Phi) is 4.02. The van der Waals surface area contributed by atoms with Crippen molar-refractivity contribution in [2.24, 2.45) is 5.92 Å². The molecule has 1 aromatic rings. The number of aromatic hydroxyl groups is 1. The van der Waals surface area contributed by atoms with Crippen molar-refractivity contribution in [2.75, 3.05) is 26.7 Å². The molecule has 17 heavy (non-hydrogen) atoms. The van der Waals surface area contributed by atoms with Crippen molar-refractivity contribution in [3.63, 3.8) is 0 Å². The van der Waals surface area contributed by atoms with Crippen LogP contribution in [0, 0.1) is 5.92 Å². The van der Waals surface area contributed by atoms with Crippen molar-refractivity contribution in [3.8, 4) is 5.75 Å². The van der Waals surface area contributed by atoms with Crippen LogP contribution in [-0.4, -0.2) is 36.7 Å². The second-order valence-electron chi connectivity index (χ2n) is 5.11. The first-order chi connectivity index (χ1) is 8.16. The summed E-state index contributed by atoms with van der Waals surface area (Å²) in [5, 5.41) is 13.3. The second kappa shape index (κ2) is 5.52. The highest BCUT2D eigenvalue weighted by atomic mass is 16.3. The van der Waals surface area contributed by atoms with E-state index in [0.717, 1.165) is 18.0 Å². The van der Waals surface area contributed by atoms with Gasteiger partial charge in [0.15, 0.2) is 0 Å². The lowest BCUT2D eigenvalue weighted by molar-refractivity contribution is 0.379. The molecule has 94 valence electrons. The first kappa shape index (κ1) is 12.4. The standard InChI is InChI=1S/C14H22N2O/c1-11(13-5-3-4-6-14(13)17)15-9-12-7-8-16(2)10-12/h3-6,11-12,15,17H,7-10H2,1-2H3. The quantitative estimate of drug-likeness (QED) is 0.836. The van der Waals surface area contributed by atoms with Gasteiger partial charge in [-0.3, -0.25) is 0 Å². The predicted octanol–water partition coefficient (Wildman–Crippen LogP) is 1.99. The lowest BCUT2D eigenvalue weighted by Gasteiger charge is -2.18. The van der Waals surface area contributed by atoms with Gasteiger partial charge in [0.2, 0.25) is 0 Å². The molecule has 2 unspecified atom stereocenters. The molecule has 1 aliphatic rings. The van der Waals surface area contributed by atoms with E-state index in [4.69, 9.17) is 0 Å². The van der Waals surface area contributed by atoms with Crippen molar-refractivity contribution < 1.29 is 5.11 Å². The fraction of sp³-hybridized carbons (Fsp3) is 0.571. The van der Waals surface area contributed by atoms with Crippen molar-refractivity contribution >= 4 is 0 Å². The van der Waals surface area contributed by atoms with Crippen LogP contribution in [0.5, 0.6) is 5.75 Å². The second-order valence-corrected chi connectivity index (χ2v) is 5.11. The first-order valence-electron chi connectivity index (χ1n) is 6.36. The van der Waals surface area contributed by atoms with Gasteiger partial charge in [-0.05, 0) is 45.5 Å². The van der Waals surface area contributed by atoms with Crippen molar-refractivity contribution in [3.05, 3.63) is 29.8 Å². The minimum absolute atomic E-state index is 0.210. The van der Waals surface area contributed by atoms with E-state index < -0.39 is 0 Å². The van der Waals surface area contributed by atoms with Crippen molar-refractivity contribution in [1.29, 1.82) is 0 Å². The number of phenolic OH excluding ortho intramolecular Hbond substituents is 1. The minimum atomic E-state index is 0.210. The Hall–Kier alpha value is -1.06. The van der Waals surface area contributed by atoms with Gasteiger partial charge in [-0.1, -0.05) is 18.2 Å². The Morgan fingerprint density at radius 3 is 2.88 bits per heavy atom. The number of para-hydroxylation sites is 1. The SMILES string of the molecule is CC(NCC1CCN(C)C1)c1ccccc1O. The first-order valence-corrected chi connectivity index (χ1v) is 6.36. The van der Waals surface area contributed by atoms with Crippen LogP contribution in [0.15, 0.2) is 24.3 Å². The van der Waals surface area contributed by atoms with E-state index in [9.17, 15) is 5.11 Å². The van der Waals surface area contributed by atoms with Crippen LogP contribution < -0.4 is 5.32 Å². The zero-order chi connectivity index (χ0) is 12.3. The Morgan fingerprint density at radius 1 is 1.47 bits per heavy atom. The lowest BCUT2D eigenvalue weighted by atomic mass is 10.1. The molecule has 0 spiro atoms. The molecule has 2 rings (SSSR count). The highest BCUT2D eigenvalue weighted by Crippen LogP contribution is 2.23. The molecule has 1 aliphatic heterocycles. The predicted molar refractivity (Wildman–Crippen MR) is 70.1 cm³/mol. The molecule has 0 bridgehead atoms. The van der Waals surface area contributed by atoms with E-state index in [1.807, 2.05) is 18.2 Å². The van der Waals surface area contributed by atoms with Crippen LogP contribution >= 0.6 is 0 Å². The number of rotatable bonds is 4. The normalized spacial score (nSPS) is 22.8. The molecule has 1 fully saturated rings. The lowest BCUT2D eigenvalue weighted by Crippen LogP contribution is -2.27. The summed E-state index contributed by atoms with van der Waals surface area (Å²) in [5.74, 6) is 1.13. The molecule has 3 heteroatoms. The fourth-order valence-electron chi connectivity index (χ4n) is 2.50. The molecule has 3 nitrogen and oxygen atoms in total. The Balaban J connectivity index is 1.85. The summed E-state index contributed by atoms with van der Waals surface area (Å²) in [6.07, 6.45) is 1.27. The number of nitrogens with one attached hydrogen (secondary N) is 1. The molecular weight excluding hydrogens is 212 g/mol. The monoisotopic (exact) mass is 234 g/mol. The number of hydrogen-bond donors (Lipinski definition) is 2. The number of phenols is 1. The van der Waals surface area contributed by atoms with Gasteiger partial charge in [-0.25, -0.2) is 0 Å².